The summed E-state index contributed by atoms with van der Waals surface area (Å²) < 4.78 is 5.59. The highest BCUT2D eigenvalue weighted by atomic mass is 35.5. The number of rotatable bonds is 2. The first-order chi connectivity index (χ1) is 7.76. The van der Waals surface area contributed by atoms with Gasteiger partial charge in [0.2, 0.25) is 0 Å². The number of anilines is 1. The maximum atomic E-state index is 8.93. The van der Waals surface area contributed by atoms with Gasteiger partial charge in [-0.15, -0.1) is 0 Å². The Labute approximate surface area is 97.4 Å². The van der Waals surface area contributed by atoms with Gasteiger partial charge in [0.25, 0.3) is 6.01 Å². The summed E-state index contributed by atoms with van der Waals surface area (Å²) in [5.74, 6) is 0.346. The van der Waals surface area contributed by atoms with Crippen LogP contribution in [0.15, 0.2) is 22.6 Å². The van der Waals surface area contributed by atoms with Gasteiger partial charge in [-0.05, 0) is 12.1 Å². The summed E-state index contributed by atoms with van der Waals surface area (Å²) in [7, 11) is 0. The summed E-state index contributed by atoms with van der Waals surface area (Å²) in [6.07, 6.45) is 0. The van der Waals surface area contributed by atoms with E-state index in [9.17, 15) is 0 Å². The van der Waals surface area contributed by atoms with Crippen LogP contribution in [0.5, 0.6) is 0 Å². The molecule has 4 nitrogen and oxygen atoms in total. The highest BCUT2D eigenvalue weighted by Gasteiger charge is 2.29. The number of benzene rings is 1. The highest BCUT2D eigenvalue weighted by molar-refractivity contribution is 6.31. The van der Waals surface area contributed by atoms with Gasteiger partial charge in [-0.1, -0.05) is 11.6 Å². The van der Waals surface area contributed by atoms with Crippen LogP contribution in [0.2, 0.25) is 5.02 Å². The molecule has 5 heteroatoms. The molecule has 1 aromatic heterocycles. The quantitative estimate of drug-likeness (QED) is 0.868. The molecule has 0 unspecified atom stereocenters. The molecular formula is C11H11ClN2O2. The molecule has 0 bridgehead atoms. The van der Waals surface area contributed by atoms with Crippen molar-refractivity contribution >= 4 is 28.7 Å². The molecular weight excluding hydrogens is 228 g/mol. The van der Waals surface area contributed by atoms with Crippen molar-refractivity contribution in [3.63, 3.8) is 0 Å². The van der Waals surface area contributed by atoms with Crippen LogP contribution in [0.4, 0.5) is 6.01 Å². The smallest absolute Gasteiger partial charge is 0.298 e. The van der Waals surface area contributed by atoms with E-state index in [1.807, 2.05) is 11.0 Å². The number of oxazole rings is 1. The summed E-state index contributed by atoms with van der Waals surface area (Å²) in [5, 5.41) is 9.58. The Morgan fingerprint density at radius 1 is 1.50 bits per heavy atom. The lowest BCUT2D eigenvalue weighted by Gasteiger charge is -2.36. The Morgan fingerprint density at radius 3 is 3.06 bits per heavy atom. The zero-order valence-corrected chi connectivity index (χ0v) is 9.31. The standard InChI is InChI=1S/C11H11ClN2O2/c12-8-1-2-9-10(3-8)16-11(13-9)14-4-7(5-14)6-15/h1-3,7,15H,4-6H2. The zero-order valence-electron chi connectivity index (χ0n) is 8.56. The molecule has 0 atom stereocenters. The number of halogens is 1. The van der Waals surface area contributed by atoms with Gasteiger partial charge in [-0.25, -0.2) is 0 Å². The molecule has 0 saturated carbocycles. The SMILES string of the molecule is OCC1CN(c2nc3ccc(Cl)cc3o2)C1. The molecule has 84 valence electrons. The second-order valence-electron chi connectivity index (χ2n) is 4.06. The molecule has 1 saturated heterocycles. The van der Waals surface area contributed by atoms with Crippen LogP contribution in [-0.2, 0) is 0 Å². The lowest BCUT2D eigenvalue weighted by atomic mass is 10.0. The van der Waals surface area contributed by atoms with Gasteiger partial charge in [0.1, 0.15) is 5.52 Å². The molecule has 0 spiro atoms. The number of aromatic nitrogens is 1. The van der Waals surface area contributed by atoms with E-state index in [1.165, 1.54) is 0 Å². The van der Waals surface area contributed by atoms with Gasteiger partial charge >= 0.3 is 0 Å². The van der Waals surface area contributed by atoms with Gasteiger partial charge in [-0.2, -0.15) is 4.98 Å². The lowest BCUT2D eigenvalue weighted by molar-refractivity contribution is 0.196. The average molecular weight is 239 g/mol. The molecule has 0 amide bonds. The maximum absolute atomic E-state index is 8.93. The molecule has 1 fully saturated rings. The van der Waals surface area contributed by atoms with E-state index >= 15 is 0 Å². The van der Waals surface area contributed by atoms with Crippen LogP contribution < -0.4 is 4.90 Å². The monoisotopic (exact) mass is 238 g/mol. The van der Waals surface area contributed by atoms with Crippen molar-refractivity contribution < 1.29 is 9.52 Å². The molecule has 2 heterocycles. The summed E-state index contributed by atoms with van der Waals surface area (Å²) in [6, 6.07) is 6.01. The van der Waals surface area contributed by atoms with Gasteiger partial charge in [-0.3, -0.25) is 0 Å². The lowest BCUT2D eigenvalue weighted by Crippen LogP contribution is -2.48. The minimum Gasteiger partial charge on any atom is -0.423 e. The van der Waals surface area contributed by atoms with Crippen molar-refractivity contribution in [2.45, 2.75) is 0 Å². The van der Waals surface area contributed by atoms with Gasteiger partial charge in [0.05, 0.1) is 0 Å². The van der Waals surface area contributed by atoms with E-state index in [1.54, 1.807) is 12.1 Å². The molecule has 2 aromatic rings. The molecule has 1 N–H and O–H groups in total. The number of hydrogen-bond acceptors (Lipinski definition) is 4. The number of aliphatic hydroxyl groups is 1. The van der Waals surface area contributed by atoms with E-state index in [2.05, 4.69) is 4.98 Å². The molecule has 16 heavy (non-hydrogen) atoms. The summed E-state index contributed by atoms with van der Waals surface area (Å²) >= 11 is 5.87. The van der Waals surface area contributed by atoms with E-state index in [-0.39, 0.29) is 6.61 Å². The Morgan fingerprint density at radius 2 is 2.31 bits per heavy atom. The third-order valence-corrected chi connectivity index (χ3v) is 3.06. The zero-order chi connectivity index (χ0) is 11.1. The predicted octanol–water partition coefficient (Wildman–Crippen LogP) is 1.91. The minimum atomic E-state index is 0.225. The van der Waals surface area contributed by atoms with Crippen LogP contribution in [0.25, 0.3) is 11.1 Å². The first-order valence-corrected chi connectivity index (χ1v) is 5.56. The van der Waals surface area contributed by atoms with E-state index in [4.69, 9.17) is 21.1 Å². The van der Waals surface area contributed by atoms with E-state index in [0.717, 1.165) is 18.6 Å². The van der Waals surface area contributed by atoms with Gasteiger partial charge in [0.15, 0.2) is 5.58 Å². The van der Waals surface area contributed by atoms with Crippen LogP contribution >= 0.6 is 11.6 Å². The third-order valence-electron chi connectivity index (χ3n) is 2.83. The maximum Gasteiger partial charge on any atom is 0.298 e. The molecule has 1 aliphatic rings. The van der Waals surface area contributed by atoms with Crippen molar-refractivity contribution in [3.8, 4) is 0 Å². The first-order valence-electron chi connectivity index (χ1n) is 5.18. The topological polar surface area (TPSA) is 49.5 Å². The molecule has 1 aromatic carbocycles. The van der Waals surface area contributed by atoms with Crippen molar-refractivity contribution in [2.24, 2.45) is 5.92 Å². The number of fused-ring (bicyclic) bond motifs is 1. The number of nitrogens with zero attached hydrogens (tertiary/aromatic N) is 2. The predicted molar refractivity (Wildman–Crippen MR) is 61.8 cm³/mol. The number of hydrogen-bond donors (Lipinski definition) is 1. The van der Waals surface area contributed by atoms with E-state index < -0.39 is 0 Å². The molecule has 0 radical (unpaired) electrons. The highest BCUT2D eigenvalue weighted by Crippen LogP contribution is 2.28. The van der Waals surface area contributed by atoms with Crippen LogP contribution in [-0.4, -0.2) is 29.8 Å². The fraction of sp³-hybridized carbons (Fsp3) is 0.364. The van der Waals surface area contributed by atoms with Gasteiger partial charge < -0.3 is 14.4 Å². The summed E-state index contributed by atoms with van der Waals surface area (Å²) in [4.78, 5) is 6.37. The largest absolute Gasteiger partial charge is 0.423 e. The fourth-order valence-electron chi connectivity index (χ4n) is 1.86. The summed E-state index contributed by atoms with van der Waals surface area (Å²) in [5.41, 5.74) is 1.52. The Balaban J connectivity index is 1.89. The third kappa shape index (κ3) is 1.54. The second kappa shape index (κ2) is 3.64. The second-order valence-corrected chi connectivity index (χ2v) is 4.50. The average Bonchev–Trinajstić information content (AvgIpc) is 2.58. The minimum absolute atomic E-state index is 0.225. The van der Waals surface area contributed by atoms with Crippen LogP contribution in [0, 0.1) is 5.92 Å². The van der Waals surface area contributed by atoms with Crippen molar-refractivity contribution in [1.29, 1.82) is 0 Å². The fourth-order valence-corrected chi connectivity index (χ4v) is 2.03. The number of aliphatic hydroxyl groups excluding tert-OH is 1. The van der Waals surface area contributed by atoms with Gasteiger partial charge in [0, 0.05) is 36.7 Å². The van der Waals surface area contributed by atoms with Crippen molar-refractivity contribution in [3.05, 3.63) is 23.2 Å². The summed E-state index contributed by atoms with van der Waals surface area (Å²) in [6.45, 7) is 1.83. The van der Waals surface area contributed by atoms with E-state index in [0.29, 0.717) is 22.5 Å². The normalized spacial score (nSPS) is 16.8. The Bertz CT molecular complexity index is 520. The van der Waals surface area contributed by atoms with Crippen LogP contribution in [0.3, 0.4) is 0 Å². The van der Waals surface area contributed by atoms with Crippen molar-refractivity contribution in [1.82, 2.24) is 4.98 Å². The van der Waals surface area contributed by atoms with Crippen molar-refractivity contribution in [2.75, 3.05) is 24.6 Å². The molecule has 0 aliphatic carbocycles. The molecule has 1 aliphatic heterocycles. The Kier molecular flexibility index (Phi) is 2.26. The first kappa shape index (κ1) is 9.93. The van der Waals surface area contributed by atoms with Crippen LogP contribution in [0.1, 0.15) is 0 Å². The molecule has 3 rings (SSSR count). The Hall–Kier alpha value is -1.26.